The summed E-state index contributed by atoms with van der Waals surface area (Å²) in [6, 6.07) is 5.52. The summed E-state index contributed by atoms with van der Waals surface area (Å²) in [5.74, 6) is -0.314. The number of benzene rings is 1. The van der Waals surface area contributed by atoms with Gasteiger partial charge in [-0.1, -0.05) is 12.1 Å². The number of carbonyl (C=O) groups is 1. The molecular weight excluding hydrogens is 298 g/mol. The van der Waals surface area contributed by atoms with Gasteiger partial charge in [-0.15, -0.1) is 0 Å². The van der Waals surface area contributed by atoms with Gasteiger partial charge in [0.1, 0.15) is 12.4 Å². The molecule has 0 aliphatic rings. The number of carboxylic acids is 1. The Labute approximate surface area is 115 Å². The van der Waals surface area contributed by atoms with Gasteiger partial charge >= 0.3 is 5.97 Å². The number of hydrogen-bond acceptors (Lipinski definition) is 3. The Bertz CT molecular complexity index is 444. The maximum atomic E-state index is 10.5. The number of halogens is 1. The Kier molecular flexibility index (Phi) is 5.88. The molecule has 0 aliphatic heterocycles. The van der Waals surface area contributed by atoms with Crippen LogP contribution in [0.4, 0.5) is 0 Å². The fraction of sp³-hybridized carbons (Fsp3) is 0.308. The largest absolute Gasteiger partial charge is 0.490 e. The van der Waals surface area contributed by atoms with Crippen molar-refractivity contribution in [1.82, 2.24) is 4.90 Å². The van der Waals surface area contributed by atoms with Gasteiger partial charge in [-0.05, 0) is 42.2 Å². The average Bonchev–Trinajstić information content (AvgIpc) is 2.28. The minimum absolute atomic E-state index is 0.545. The van der Waals surface area contributed by atoms with Gasteiger partial charge in [0.25, 0.3) is 0 Å². The molecule has 0 saturated heterocycles. The minimum Gasteiger partial charge on any atom is -0.490 e. The first-order chi connectivity index (χ1) is 8.50. The Hall–Kier alpha value is -1.33. The van der Waals surface area contributed by atoms with Gasteiger partial charge < -0.3 is 14.7 Å². The van der Waals surface area contributed by atoms with E-state index in [9.17, 15) is 4.79 Å². The van der Waals surface area contributed by atoms with E-state index in [0.717, 1.165) is 22.7 Å². The van der Waals surface area contributed by atoms with Crippen LogP contribution in [0.25, 0.3) is 6.08 Å². The molecule has 1 aromatic rings. The smallest absolute Gasteiger partial charge is 0.328 e. The molecule has 0 fully saturated rings. The van der Waals surface area contributed by atoms with Crippen LogP contribution in [0, 0.1) is 0 Å². The van der Waals surface area contributed by atoms with Crippen molar-refractivity contribution in [2.75, 3.05) is 27.2 Å². The van der Waals surface area contributed by atoms with E-state index in [2.05, 4.69) is 15.9 Å². The summed E-state index contributed by atoms with van der Waals surface area (Å²) >= 11 is 3.40. The van der Waals surface area contributed by atoms with Crippen molar-refractivity contribution in [3.05, 3.63) is 34.3 Å². The monoisotopic (exact) mass is 313 g/mol. The molecule has 1 aromatic carbocycles. The molecule has 0 aliphatic carbocycles. The van der Waals surface area contributed by atoms with Crippen molar-refractivity contribution in [2.24, 2.45) is 0 Å². The zero-order valence-corrected chi connectivity index (χ0v) is 12.0. The molecule has 4 nitrogen and oxygen atoms in total. The third-order valence-corrected chi connectivity index (χ3v) is 2.81. The Morgan fingerprint density at radius 3 is 2.83 bits per heavy atom. The fourth-order valence-corrected chi connectivity index (χ4v) is 1.80. The van der Waals surface area contributed by atoms with E-state index < -0.39 is 5.97 Å². The number of para-hydroxylation sites is 1. The van der Waals surface area contributed by atoms with Crippen LogP contribution >= 0.6 is 15.9 Å². The van der Waals surface area contributed by atoms with Crippen LogP contribution < -0.4 is 4.74 Å². The van der Waals surface area contributed by atoms with Crippen LogP contribution in [0.3, 0.4) is 0 Å². The van der Waals surface area contributed by atoms with E-state index in [4.69, 9.17) is 9.84 Å². The molecule has 0 heterocycles. The van der Waals surface area contributed by atoms with E-state index in [1.807, 2.05) is 37.2 Å². The minimum atomic E-state index is -0.978. The number of carboxylic acid groups (broad SMARTS) is 1. The molecule has 0 saturated carbocycles. The van der Waals surface area contributed by atoms with Gasteiger partial charge in [-0.2, -0.15) is 0 Å². The first-order valence-corrected chi connectivity index (χ1v) is 6.27. The molecule has 0 atom stereocenters. The highest BCUT2D eigenvalue weighted by atomic mass is 79.9. The van der Waals surface area contributed by atoms with E-state index in [1.54, 1.807) is 0 Å². The molecule has 5 heteroatoms. The van der Waals surface area contributed by atoms with Gasteiger partial charge in [0.05, 0.1) is 4.47 Å². The topological polar surface area (TPSA) is 49.8 Å². The second-order valence-corrected chi connectivity index (χ2v) is 4.84. The third kappa shape index (κ3) is 4.89. The lowest BCUT2D eigenvalue weighted by Gasteiger charge is -2.14. The lowest BCUT2D eigenvalue weighted by atomic mass is 10.2. The molecule has 18 heavy (non-hydrogen) atoms. The highest BCUT2D eigenvalue weighted by molar-refractivity contribution is 9.10. The van der Waals surface area contributed by atoms with Crippen molar-refractivity contribution in [2.45, 2.75) is 0 Å². The summed E-state index contributed by atoms with van der Waals surface area (Å²) in [5, 5.41) is 8.64. The zero-order chi connectivity index (χ0) is 13.5. The number of nitrogens with zero attached hydrogens (tertiary/aromatic N) is 1. The quantitative estimate of drug-likeness (QED) is 0.820. The zero-order valence-electron chi connectivity index (χ0n) is 10.4. The summed E-state index contributed by atoms with van der Waals surface area (Å²) in [4.78, 5) is 12.5. The van der Waals surface area contributed by atoms with Gasteiger partial charge in [-0.3, -0.25) is 0 Å². The van der Waals surface area contributed by atoms with Crippen molar-refractivity contribution in [1.29, 1.82) is 0 Å². The van der Waals surface area contributed by atoms with E-state index in [-0.39, 0.29) is 0 Å². The number of likely N-dealkylation sites (N-methyl/N-ethyl adjacent to an activating group) is 1. The molecule has 0 unspecified atom stereocenters. The summed E-state index contributed by atoms with van der Waals surface area (Å²) in [6.45, 7) is 1.34. The highest BCUT2D eigenvalue weighted by Gasteiger charge is 2.06. The molecule has 0 amide bonds. The molecule has 1 rings (SSSR count). The number of rotatable bonds is 6. The van der Waals surface area contributed by atoms with E-state index >= 15 is 0 Å². The Balaban J connectivity index is 2.83. The first-order valence-electron chi connectivity index (χ1n) is 5.47. The predicted molar refractivity (Wildman–Crippen MR) is 74.9 cm³/mol. The molecule has 98 valence electrons. The standard InChI is InChI=1S/C13H16BrNO3/c1-15(2)8-9-18-13-10(6-7-12(16)17)4-3-5-11(13)14/h3-7H,8-9H2,1-2H3,(H,16,17). The van der Waals surface area contributed by atoms with Crippen molar-refractivity contribution < 1.29 is 14.6 Å². The summed E-state index contributed by atoms with van der Waals surface area (Å²) in [7, 11) is 3.93. The molecule has 0 aromatic heterocycles. The van der Waals surface area contributed by atoms with Gasteiger partial charge in [0.2, 0.25) is 0 Å². The lowest BCUT2D eigenvalue weighted by molar-refractivity contribution is -0.131. The molecule has 0 radical (unpaired) electrons. The van der Waals surface area contributed by atoms with Crippen LogP contribution in [-0.2, 0) is 4.79 Å². The Morgan fingerprint density at radius 1 is 1.50 bits per heavy atom. The number of aliphatic carboxylic acids is 1. The molecular formula is C13H16BrNO3. The molecule has 0 spiro atoms. The predicted octanol–water partition coefficient (Wildman–Crippen LogP) is 2.49. The third-order valence-electron chi connectivity index (χ3n) is 2.19. The van der Waals surface area contributed by atoms with Gasteiger partial charge in [0.15, 0.2) is 0 Å². The van der Waals surface area contributed by atoms with Crippen molar-refractivity contribution >= 4 is 28.0 Å². The summed E-state index contributed by atoms with van der Waals surface area (Å²) in [6.07, 6.45) is 2.62. The summed E-state index contributed by atoms with van der Waals surface area (Å²) < 4.78 is 6.49. The molecule has 0 bridgehead atoms. The normalized spacial score (nSPS) is 11.1. The van der Waals surface area contributed by atoms with Crippen LogP contribution in [0.5, 0.6) is 5.75 Å². The lowest BCUT2D eigenvalue weighted by Crippen LogP contribution is -2.19. The highest BCUT2D eigenvalue weighted by Crippen LogP contribution is 2.30. The SMILES string of the molecule is CN(C)CCOc1c(Br)cccc1C=CC(=O)O. The maximum absolute atomic E-state index is 10.5. The van der Waals surface area contributed by atoms with Gasteiger partial charge in [0, 0.05) is 18.2 Å². The summed E-state index contributed by atoms with van der Waals surface area (Å²) in [5.41, 5.74) is 0.741. The second-order valence-electron chi connectivity index (χ2n) is 3.98. The van der Waals surface area contributed by atoms with Crippen LogP contribution in [0.2, 0.25) is 0 Å². The van der Waals surface area contributed by atoms with E-state index in [0.29, 0.717) is 12.4 Å². The fourth-order valence-electron chi connectivity index (χ4n) is 1.30. The average molecular weight is 314 g/mol. The van der Waals surface area contributed by atoms with Crippen molar-refractivity contribution in [3.63, 3.8) is 0 Å². The van der Waals surface area contributed by atoms with Crippen LogP contribution in [0.15, 0.2) is 28.7 Å². The second kappa shape index (κ2) is 7.18. The van der Waals surface area contributed by atoms with E-state index in [1.165, 1.54) is 6.08 Å². The first kappa shape index (κ1) is 14.7. The molecule has 1 N–H and O–H groups in total. The Morgan fingerprint density at radius 2 is 2.22 bits per heavy atom. The van der Waals surface area contributed by atoms with Crippen molar-refractivity contribution in [3.8, 4) is 5.75 Å². The van der Waals surface area contributed by atoms with Crippen LogP contribution in [-0.4, -0.2) is 43.2 Å². The number of ether oxygens (including phenoxy) is 1. The maximum Gasteiger partial charge on any atom is 0.328 e. The number of hydrogen-bond donors (Lipinski definition) is 1. The van der Waals surface area contributed by atoms with Crippen LogP contribution in [0.1, 0.15) is 5.56 Å². The van der Waals surface area contributed by atoms with Gasteiger partial charge in [-0.25, -0.2) is 4.79 Å².